The summed E-state index contributed by atoms with van der Waals surface area (Å²) in [4.78, 5) is 17.0. The van der Waals surface area contributed by atoms with Gasteiger partial charge in [-0.05, 0) is 30.5 Å². The molecule has 0 spiro atoms. The van der Waals surface area contributed by atoms with E-state index in [4.69, 9.17) is 4.74 Å². The normalized spacial score (nSPS) is 12.0. The van der Waals surface area contributed by atoms with Gasteiger partial charge >= 0.3 is 0 Å². The number of rotatable bonds is 9. The van der Waals surface area contributed by atoms with Crippen LogP contribution in [0.2, 0.25) is 0 Å². The molecule has 0 bridgehead atoms. The molecule has 0 aliphatic rings. The molecule has 34 heavy (non-hydrogen) atoms. The van der Waals surface area contributed by atoms with E-state index in [1.165, 1.54) is 28.7 Å². The highest BCUT2D eigenvalue weighted by molar-refractivity contribution is 7.99. The van der Waals surface area contributed by atoms with Gasteiger partial charge in [0.05, 0.1) is 11.4 Å². The minimum Gasteiger partial charge on any atom is -0.483 e. The quantitative estimate of drug-likeness (QED) is 0.291. The number of anilines is 1. The first-order valence-corrected chi connectivity index (χ1v) is 12.9. The van der Waals surface area contributed by atoms with Crippen LogP contribution in [0, 0.1) is 0 Å². The first kappa shape index (κ1) is 24.0. The minimum absolute atomic E-state index is 0.141. The second-order valence-electron chi connectivity index (χ2n) is 8.12. The van der Waals surface area contributed by atoms with Gasteiger partial charge in [-0.2, -0.15) is 0 Å². The Morgan fingerprint density at radius 3 is 2.53 bits per heavy atom. The summed E-state index contributed by atoms with van der Waals surface area (Å²) in [5.41, 5.74) is 3.14. The fraction of sp³-hybridized carbons (Fsp3) is 0.280. The molecule has 0 saturated carbocycles. The zero-order chi connectivity index (χ0) is 24.1. The Bertz CT molecular complexity index is 1240. The lowest BCUT2D eigenvalue weighted by Crippen LogP contribution is -2.14. The van der Waals surface area contributed by atoms with E-state index in [0.717, 1.165) is 17.0 Å². The molecular formula is C25H27N5O2S2. The fourth-order valence-corrected chi connectivity index (χ4v) is 4.81. The third kappa shape index (κ3) is 5.84. The number of amides is 1. The molecular weight excluding hydrogens is 466 g/mol. The Hall–Kier alpha value is -3.17. The van der Waals surface area contributed by atoms with Crippen molar-refractivity contribution in [2.24, 2.45) is 7.05 Å². The molecule has 4 rings (SSSR count). The van der Waals surface area contributed by atoms with Crippen LogP contribution >= 0.6 is 23.1 Å². The number of aromatic nitrogens is 4. The summed E-state index contributed by atoms with van der Waals surface area (Å²) in [5.74, 6) is 2.02. The Morgan fingerprint density at radius 2 is 1.82 bits per heavy atom. The second kappa shape index (κ2) is 10.8. The van der Waals surface area contributed by atoms with E-state index in [9.17, 15) is 4.79 Å². The first-order chi connectivity index (χ1) is 16.4. The molecule has 0 fully saturated rings. The monoisotopic (exact) mass is 493 g/mol. The topological polar surface area (TPSA) is 81.9 Å². The molecule has 7 nitrogen and oxygen atoms in total. The fourth-order valence-electron chi connectivity index (χ4n) is 3.35. The molecule has 1 atom stereocenters. The van der Waals surface area contributed by atoms with Crippen LogP contribution in [-0.2, 0) is 11.8 Å². The molecule has 0 aliphatic carbocycles. The predicted molar refractivity (Wildman–Crippen MR) is 137 cm³/mol. The zero-order valence-corrected chi connectivity index (χ0v) is 21.2. The molecule has 4 aromatic rings. The van der Waals surface area contributed by atoms with Crippen LogP contribution in [0.25, 0.3) is 11.3 Å². The van der Waals surface area contributed by atoms with E-state index in [1.807, 2.05) is 66.4 Å². The largest absolute Gasteiger partial charge is 0.483 e. The maximum Gasteiger partial charge on any atom is 0.236 e. The Kier molecular flexibility index (Phi) is 7.64. The molecule has 0 saturated heterocycles. The minimum atomic E-state index is -0.280. The molecule has 0 radical (unpaired) electrons. The highest BCUT2D eigenvalue weighted by atomic mass is 32.2. The summed E-state index contributed by atoms with van der Waals surface area (Å²) in [6.07, 6.45) is -0.280. The van der Waals surface area contributed by atoms with Gasteiger partial charge in [-0.3, -0.25) is 4.79 Å². The van der Waals surface area contributed by atoms with Gasteiger partial charge in [0.15, 0.2) is 22.2 Å². The van der Waals surface area contributed by atoms with Crippen molar-refractivity contribution in [1.82, 2.24) is 19.7 Å². The van der Waals surface area contributed by atoms with Crippen LogP contribution in [0.4, 0.5) is 5.13 Å². The van der Waals surface area contributed by atoms with Gasteiger partial charge in [0.1, 0.15) is 5.75 Å². The van der Waals surface area contributed by atoms with Crippen molar-refractivity contribution in [3.8, 4) is 17.0 Å². The van der Waals surface area contributed by atoms with Gasteiger partial charge in [-0.15, -0.1) is 21.5 Å². The Morgan fingerprint density at radius 1 is 1.09 bits per heavy atom. The van der Waals surface area contributed by atoms with Crippen LogP contribution in [0.15, 0.2) is 65.1 Å². The average Bonchev–Trinajstić information content (AvgIpc) is 3.45. The molecule has 176 valence electrons. The van der Waals surface area contributed by atoms with Crippen LogP contribution in [0.1, 0.15) is 44.2 Å². The van der Waals surface area contributed by atoms with Crippen molar-refractivity contribution in [2.45, 2.75) is 37.9 Å². The van der Waals surface area contributed by atoms with Crippen LogP contribution < -0.4 is 10.1 Å². The number of benzene rings is 2. The van der Waals surface area contributed by atoms with Gasteiger partial charge in [-0.25, -0.2) is 4.98 Å². The van der Waals surface area contributed by atoms with Gasteiger partial charge in [-0.1, -0.05) is 68.1 Å². The second-order valence-corrected chi connectivity index (χ2v) is 9.92. The van der Waals surface area contributed by atoms with Crippen LogP contribution in [0.5, 0.6) is 5.75 Å². The maximum atomic E-state index is 12.5. The van der Waals surface area contributed by atoms with Crippen molar-refractivity contribution in [1.29, 1.82) is 0 Å². The zero-order valence-electron chi connectivity index (χ0n) is 19.6. The highest BCUT2D eigenvalue weighted by Crippen LogP contribution is 2.27. The molecule has 2 aromatic heterocycles. The van der Waals surface area contributed by atoms with Gasteiger partial charge in [0, 0.05) is 18.0 Å². The first-order valence-electron chi connectivity index (χ1n) is 11.0. The van der Waals surface area contributed by atoms with Crippen LogP contribution in [0.3, 0.4) is 0 Å². The number of thiazole rings is 1. The average molecular weight is 494 g/mol. The number of carbonyl (C=O) groups is 1. The molecule has 2 heterocycles. The third-order valence-electron chi connectivity index (χ3n) is 5.24. The van der Waals surface area contributed by atoms with Gasteiger partial charge in [0.25, 0.3) is 0 Å². The number of thioether (sulfide) groups is 1. The van der Waals surface area contributed by atoms with Gasteiger partial charge in [0.2, 0.25) is 5.91 Å². The SMILES string of the molecule is CC(C)c1ccc(OC(C)c2nnc(SCC(=O)Nc3nc(-c4ccccc4)cs3)n2C)cc1. The number of ether oxygens (including phenoxy) is 1. The van der Waals surface area contributed by atoms with Gasteiger partial charge < -0.3 is 14.6 Å². The lowest BCUT2D eigenvalue weighted by Gasteiger charge is -2.15. The third-order valence-corrected chi connectivity index (χ3v) is 7.02. The summed E-state index contributed by atoms with van der Waals surface area (Å²) in [6.45, 7) is 6.27. The maximum absolute atomic E-state index is 12.5. The number of nitrogens with zero attached hydrogens (tertiary/aromatic N) is 4. The number of hydrogen-bond acceptors (Lipinski definition) is 7. The Labute approximate surface area is 207 Å². The summed E-state index contributed by atoms with van der Waals surface area (Å²) in [6, 6.07) is 18.0. The van der Waals surface area contributed by atoms with Crippen LogP contribution in [-0.4, -0.2) is 31.4 Å². The number of carbonyl (C=O) groups excluding carboxylic acids is 1. The Balaban J connectivity index is 1.31. The summed E-state index contributed by atoms with van der Waals surface area (Å²) in [5, 5.41) is 14.6. The summed E-state index contributed by atoms with van der Waals surface area (Å²) >= 11 is 2.73. The molecule has 1 N–H and O–H groups in total. The number of nitrogens with one attached hydrogen (secondary N) is 1. The van der Waals surface area contributed by atoms with Crippen molar-refractivity contribution in [2.75, 3.05) is 11.1 Å². The van der Waals surface area contributed by atoms with E-state index >= 15 is 0 Å². The molecule has 1 unspecified atom stereocenters. The van der Waals surface area contributed by atoms with E-state index < -0.39 is 0 Å². The number of hydrogen-bond donors (Lipinski definition) is 1. The summed E-state index contributed by atoms with van der Waals surface area (Å²) in [7, 11) is 1.88. The predicted octanol–water partition coefficient (Wildman–Crippen LogP) is 5.93. The van der Waals surface area contributed by atoms with Crippen molar-refractivity contribution in [3.05, 3.63) is 71.4 Å². The lowest BCUT2D eigenvalue weighted by molar-refractivity contribution is -0.113. The highest BCUT2D eigenvalue weighted by Gasteiger charge is 2.18. The molecule has 0 aliphatic heterocycles. The molecule has 1 amide bonds. The standard InChI is InChI=1S/C25H27N5O2S2/c1-16(2)18-10-12-20(13-11-18)32-17(3)23-28-29-25(30(23)4)34-15-22(31)27-24-26-21(14-33-24)19-8-6-5-7-9-19/h5-14,16-17H,15H2,1-4H3,(H,26,27,31). The lowest BCUT2D eigenvalue weighted by atomic mass is 10.0. The van der Waals surface area contributed by atoms with Crippen molar-refractivity contribution < 1.29 is 9.53 Å². The molecule has 9 heteroatoms. The van der Waals surface area contributed by atoms with Crippen molar-refractivity contribution in [3.63, 3.8) is 0 Å². The van der Waals surface area contributed by atoms with E-state index in [2.05, 4.69) is 46.5 Å². The summed E-state index contributed by atoms with van der Waals surface area (Å²) < 4.78 is 7.92. The van der Waals surface area contributed by atoms with E-state index in [1.54, 1.807) is 0 Å². The smallest absolute Gasteiger partial charge is 0.236 e. The van der Waals surface area contributed by atoms with E-state index in [-0.39, 0.29) is 17.8 Å². The molecule has 2 aromatic carbocycles. The van der Waals surface area contributed by atoms with E-state index in [0.29, 0.717) is 22.0 Å². The van der Waals surface area contributed by atoms with Crippen molar-refractivity contribution >= 4 is 34.1 Å².